The first-order valence-electron chi connectivity index (χ1n) is 9.66. The SMILES string of the molecule is [13CH3]C([13CH3])N1CCCC1C(=O)[15NH][13CH2][13CH2][13C](=O)[15NH]C[13CH2][13C](=O)ON1C(=O)CCC1=O. The van der Waals surface area contributed by atoms with E-state index in [9.17, 15) is 24.0 Å². The Labute approximate surface area is 163 Å². The van der Waals surface area contributed by atoms with Gasteiger partial charge in [0.25, 0.3) is 11.8 Å². The highest BCUT2D eigenvalue weighted by molar-refractivity contribution is 6.01. The molecule has 0 spiro atoms. The summed E-state index contributed by atoms with van der Waals surface area (Å²) in [6.07, 6.45) is 1.80. The molecule has 1 atom stereocenters. The van der Waals surface area contributed by atoms with Crippen molar-refractivity contribution in [3.63, 3.8) is 0 Å². The van der Waals surface area contributed by atoms with E-state index in [4.69, 9.17) is 4.84 Å². The molecule has 156 valence electrons. The van der Waals surface area contributed by atoms with Crippen LogP contribution in [0.2, 0.25) is 0 Å². The average Bonchev–Trinajstić information content (AvgIpc) is 3.24. The van der Waals surface area contributed by atoms with Crippen molar-refractivity contribution in [3.05, 3.63) is 0 Å². The predicted octanol–water partition coefficient (Wildman–Crippen LogP) is -0.521. The molecule has 2 fully saturated rings. The first-order valence-corrected chi connectivity index (χ1v) is 9.66. The second-order valence-corrected chi connectivity index (χ2v) is 7.18. The second-order valence-electron chi connectivity index (χ2n) is 7.18. The number of hydroxylamine groups is 2. The van der Waals surface area contributed by atoms with Gasteiger partial charge in [0.15, 0.2) is 0 Å². The Morgan fingerprint density at radius 1 is 1.07 bits per heavy atom. The number of amides is 4. The highest BCUT2D eigenvalue weighted by Crippen LogP contribution is 2.19. The van der Waals surface area contributed by atoms with Gasteiger partial charge >= 0.3 is 5.97 Å². The molecule has 0 saturated carbocycles. The molecule has 10 nitrogen and oxygen atoms in total. The molecular weight excluding hydrogens is 377 g/mol. The lowest BCUT2D eigenvalue weighted by Crippen LogP contribution is -2.46. The minimum absolute atomic E-state index is 0.0194. The van der Waals surface area contributed by atoms with Gasteiger partial charge in [0.1, 0.15) is 0 Å². The van der Waals surface area contributed by atoms with Gasteiger partial charge in [0.05, 0.1) is 12.5 Å². The van der Waals surface area contributed by atoms with Crippen molar-refractivity contribution in [2.75, 3.05) is 19.6 Å². The minimum Gasteiger partial charge on any atom is -0.355 e. The Balaban J connectivity index is 1.58. The quantitative estimate of drug-likeness (QED) is 0.300. The molecule has 10 heteroatoms. The van der Waals surface area contributed by atoms with Gasteiger partial charge in [-0.1, -0.05) is 0 Å². The molecule has 2 aliphatic heterocycles. The minimum atomic E-state index is -0.771. The van der Waals surface area contributed by atoms with Crippen LogP contribution in [0.4, 0.5) is 0 Å². The third-order valence-electron chi connectivity index (χ3n) is 4.76. The molecule has 0 aliphatic carbocycles. The maximum Gasteiger partial charge on any atom is 0.334 e. The van der Waals surface area contributed by atoms with Crippen molar-refractivity contribution in [2.24, 2.45) is 0 Å². The molecule has 2 aliphatic rings. The number of carbonyl (C=O) groups is 5. The molecule has 28 heavy (non-hydrogen) atoms. The van der Waals surface area contributed by atoms with Crippen LogP contribution in [0.1, 0.15) is 52.4 Å². The summed E-state index contributed by atoms with van der Waals surface area (Å²) < 4.78 is 0. The van der Waals surface area contributed by atoms with Gasteiger partial charge in [0, 0.05) is 38.4 Å². The third kappa shape index (κ3) is 6.01. The zero-order valence-corrected chi connectivity index (χ0v) is 16.4. The molecule has 0 aromatic rings. The number of nitrogens with zero attached hydrogens (tertiary/aromatic N) is 2. The van der Waals surface area contributed by atoms with Crippen molar-refractivity contribution >= 4 is 29.6 Å². The molecule has 2 heterocycles. The Hall–Kier alpha value is -2.49. The Kier molecular flexibility index (Phi) is 7.91. The molecule has 0 bridgehead atoms. The summed E-state index contributed by atoms with van der Waals surface area (Å²) in [7, 11) is 0. The highest BCUT2D eigenvalue weighted by atomic mass is 16.8. The molecular formula is C18H28N4O6. The third-order valence-corrected chi connectivity index (χ3v) is 4.76. The van der Waals surface area contributed by atoms with E-state index in [1.807, 2.05) is 0 Å². The normalized spacial score (nSPS) is 20.0. The molecule has 2 saturated heterocycles. The van der Waals surface area contributed by atoms with Gasteiger partial charge in [-0.2, -0.15) is 0 Å². The number of hydrogen-bond acceptors (Lipinski definition) is 7. The molecule has 4 amide bonds. The fourth-order valence-electron chi connectivity index (χ4n) is 3.30. The van der Waals surface area contributed by atoms with Gasteiger partial charge < -0.3 is 15.5 Å². The standard InChI is InChI=1S/C18H28N4O6/c1-12(2)21-11-3-4-13(21)18(27)20-9-7-14(23)19-10-8-17(26)28-22-15(24)5-6-16(22)25/h12-13H,3-11H2,1-2H3,(H,19,23)(H,20,27)/i1+1,2+1,7+1,8+1,9+1,14+1,17+1,19+1,20+1. The van der Waals surface area contributed by atoms with Gasteiger partial charge in [-0.05, 0) is 33.2 Å². The second kappa shape index (κ2) is 10.2. The highest BCUT2D eigenvalue weighted by Gasteiger charge is 2.33. The number of likely N-dealkylation sites (tertiary alicyclic amines) is 1. The van der Waals surface area contributed by atoms with Crippen molar-refractivity contribution in [2.45, 2.75) is 64.5 Å². The van der Waals surface area contributed by atoms with Gasteiger partial charge in [-0.3, -0.25) is 24.1 Å². The van der Waals surface area contributed by atoms with E-state index in [1.165, 1.54) is 0 Å². The van der Waals surface area contributed by atoms with Crippen LogP contribution in [0.5, 0.6) is 0 Å². The first kappa shape index (κ1) is 21.8. The number of rotatable bonds is 9. The lowest BCUT2D eigenvalue weighted by atomic mass is 10.2. The van der Waals surface area contributed by atoms with Crippen LogP contribution in [-0.4, -0.2) is 71.3 Å². The van der Waals surface area contributed by atoms with Crippen molar-refractivity contribution in [1.29, 1.82) is 0 Å². The molecule has 0 radical (unpaired) electrons. The number of nitrogens with one attached hydrogen (secondary N) is 2. The van der Waals surface area contributed by atoms with E-state index >= 15 is 0 Å². The Bertz CT molecular complexity index is 620. The maximum atomic E-state index is 12.3. The van der Waals surface area contributed by atoms with Crippen LogP contribution in [0.25, 0.3) is 0 Å². The molecule has 0 aromatic heterocycles. The van der Waals surface area contributed by atoms with Crippen LogP contribution >= 0.6 is 0 Å². The number of hydrogen-bond donors (Lipinski definition) is 2. The molecule has 0 aromatic carbocycles. The fraction of sp³-hybridized carbons (Fsp3) is 0.722. The topological polar surface area (TPSA) is 125 Å². The first-order chi connectivity index (χ1) is 13.3. The van der Waals surface area contributed by atoms with Crippen molar-refractivity contribution in [1.82, 2.24) is 20.6 Å². The summed E-state index contributed by atoms with van der Waals surface area (Å²) in [6, 6.07) is 0.154. The number of carbonyl (C=O) groups excluding carboxylic acids is 5. The smallest absolute Gasteiger partial charge is 0.334 e. The summed E-state index contributed by atoms with van der Waals surface area (Å²) >= 11 is 0. The Morgan fingerprint density at radius 3 is 2.36 bits per heavy atom. The maximum absolute atomic E-state index is 12.3. The van der Waals surface area contributed by atoms with E-state index in [0.29, 0.717) is 11.1 Å². The summed E-state index contributed by atoms with van der Waals surface area (Å²) in [6.45, 7) is 5.25. The van der Waals surface area contributed by atoms with Crippen molar-refractivity contribution in [3.8, 4) is 0 Å². The van der Waals surface area contributed by atoms with E-state index in [2.05, 4.69) is 29.4 Å². The zero-order chi connectivity index (χ0) is 20.7. The summed E-state index contributed by atoms with van der Waals surface area (Å²) in [5, 5.41) is 5.80. The van der Waals surface area contributed by atoms with Gasteiger partial charge in [0.2, 0.25) is 11.8 Å². The molecule has 1 unspecified atom stereocenters. The summed E-state index contributed by atoms with van der Waals surface area (Å²) in [5.74, 6) is -2.24. The predicted molar refractivity (Wildman–Crippen MR) is 97.3 cm³/mol. The van der Waals surface area contributed by atoms with Gasteiger partial charge in [-0.15, -0.1) is 5.06 Å². The van der Waals surface area contributed by atoms with Crippen LogP contribution in [0.15, 0.2) is 0 Å². The van der Waals surface area contributed by atoms with Crippen LogP contribution in [-0.2, 0) is 28.8 Å². The van der Waals surface area contributed by atoms with E-state index < -0.39 is 17.8 Å². The van der Waals surface area contributed by atoms with Gasteiger partial charge in [-0.25, -0.2) is 4.79 Å². The van der Waals surface area contributed by atoms with Crippen LogP contribution in [0.3, 0.4) is 0 Å². The van der Waals surface area contributed by atoms with E-state index in [-0.39, 0.29) is 56.6 Å². The summed E-state index contributed by atoms with van der Waals surface area (Å²) in [5.41, 5.74) is 0. The molecule has 2 rings (SSSR count). The number of imide groups is 1. The van der Waals surface area contributed by atoms with E-state index in [0.717, 1.165) is 19.4 Å². The van der Waals surface area contributed by atoms with Crippen LogP contribution < -0.4 is 10.6 Å². The van der Waals surface area contributed by atoms with Crippen molar-refractivity contribution < 1.29 is 28.8 Å². The lowest BCUT2D eigenvalue weighted by molar-refractivity contribution is -0.197. The molecule has 2 N–H and O–H groups in total. The largest absolute Gasteiger partial charge is 0.355 e. The Morgan fingerprint density at radius 2 is 1.71 bits per heavy atom. The lowest BCUT2D eigenvalue weighted by Gasteiger charge is -2.27. The average molecular weight is 405 g/mol. The monoisotopic (exact) mass is 405 g/mol. The summed E-state index contributed by atoms with van der Waals surface area (Å²) in [4.78, 5) is 65.2. The zero-order valence-electron chi connectivity index (χ0n) is 16.4. The van der Waals surface area contributed by atoms with E-state index in [1.54, 1.807) is 0 Å². The van der Waals surface area contributed by atoms with Crippen LogP contribution in [0, 0.1) is 0 Å². The fourth-order valence-corrected chi connectivity index (χ4v) is 3.30.